The largest absolute Gasteiger partial charge is 0.302 e. The lowest BCUT2D eigenvalue weighted by Gasteiger charge is -2.36. The van der Waals surface area contributed by atoms with Crippen LogP contribution in [0.1, 0.15) is 33.6 Å². The third kappa shape index (κ3) is 4.81. The maximum absolute atomic E-state index is 12.8. The summed E-state index contributed by atoms with van der Waals surface area (Å²) in [4.78, 5) is 6.99. The van der Waals surface area contributed by atoms with Crippen molar-refractivity contribution in [1.29, 1.82) is 0 Å². The van der Waals surface area contributed by atoms with E-state index >= 15 is 0 Å². The summed E-state index contributed by atoms with van der Waals surface area (Å²) in [5.41, 5.74) is 0.788. The molecule has 2 aromatic rings. The Balaban J connectivity index is 1.68. The first kappa shape index (κ1) is 19.3. The van der Waals surface area contributed by atoms with Gasteiger partial charge < -0.3 is 4.90 Å². The van der Waals surface area contributed by atoms with Crippen molar-refractivity contribution < 1.29 is 8.42 Å². The minimum absolute atomic E-state index is 0.260. The molecule has 1 unspecified atom stereocenters. The van der Waals surface area contributed by atoms with Crippen molar-refractivity contribution in [2.24, 2.45) is 11.3 Å². The van der Waals surface area contributed by atoms with Gasteiger partial charge in [0.2, 0.25) is 10.0 Å². The van der Waals surface area contributed by atoms with Crippen LogP contribution in [0.3, 0.4) is 0 Å². The quantitative estimate of drug-likeness (QED) is 0.871. The number of hydrogen-bond acceptors (Lipinski definition) is 4. The average Bonchev–Trinajstić information content (AvgIpc) is 2.58. The average molecular weight is 376 g/mol. The number of aromatic nitrogens is 1. The number of fused-ring (bicyclic) bond motifs is 1. The van der Waals surface area contributed by atoms with Gasteiger partial charge in [-0.2, -0.15) is 0 Å². The lowest BCUT2D eigenvalue weighted by Crippen LogP contribution is -2.43. The highest BCUT2D eigenvalue weighted by atomic mass is 32.2. The van der Waals surface area contributed by atoms with Gasteiger partial charge in [0.1, 0.15) is 4.90 Å². The summed E-state index contributed by atoms with van der Waals surface area (Å²) in [6, 6.07) is 8.98. The molecule has 1 aliphatic rings. The molecule has 0 radical (unpaired) electrons. The first-order valence-corrected chi connectivity index (χ1v) is 10.8. The number of benzene rings is 1. The molecular weight excluding hydrogens is 346 g/mol. The molecule has 1 fully saturated rings. The summed E-state index contributed by atoms with van der Waals surface area (Å²) in [6.07, 6.45) is 3.82. The number of nitrogens with zero attached hydrogens (tertiary/aromatic N) is 2. The van der Waals surface area contributed by atoms with E-state index in [0.29, 0.717) is 18.0 Å². The van der Waals surface area contributed by atoms with Crippen LogP contribution in [-0.2, 0) is 10.0 Å². The summed E-state index contributed by atoms with van der Waals surface area (Å²) in [5.74, 6) is 0.351. The fourth-order valence-corrected chi connectivity index (χ4v) is 5.02. The van der Waals surface area contributed by atoms with Crippen LogP contribution in [0.4, 0.5) is 0 Å². The molecule has 1 atom stereocenters. The molecule has 1 aromatic heterocycles. The van der Waals surface area contributed by atoms with Gasteiger partial charge >= 0.3 is 0 Å². The molecule has 1 aliphatic heterocycles. The zero-order chi connectivity index (χ0) is 18.8. The van der Waals surface area contributed by atoms with Crippen molar-refractivity contribution in [1.82, 2.24) is 14.6 Å². The first-order chi connectivity index (χ1) is 12.2. The SMILES string of the molecule is CC(C)(C)CN1CCCC(CNS(=O)(=O)c2cccc3cccnc23)C1. The van der Waals surface area contributed by atoms with Gasteiger partial charge in [0.05, 0.1) is 5.52 Å². The second-order valence-electron chi connectivity index (χ2n) is 8.49. The van der Waals surface area contributed by atoms with Crippen LogP contribution < -0.4 is 4.72 Å². The van der Waals surface area contributed by atoms with Crippen LogP contribution in [0.25, 0.3) is 10.9 Å². The van der Waals surface area contributed by atoms with Crippen molar-refractivity contribution in [3.63, 3.8) is 0 Å². The Morgan fingerprint density at radius 1 is 1.23 bits per heavy atom. The summed E-state index contributed by atoms with van der Waals surface area (Å²) in [7, 11) is -3.57. The minimum Gasteiger partial charge on any atom is -0.302 e. The molecule has 5 nitrogen and oxygen atoms in total. The maximum atomic E-state index is 12.8. The molecule has 1 N–H and O–H groups in total. The van der Waals surface area contributed by atoms with Crippen LogP contribution >= 0.6 is 0 Å². The topological polar surface area (TPSA) is 62.3 Å². The lowest BCUT2D eigenvalue weighted by atomic mass is 9.92. The van der Waals surface area contributed by atoms with Gasteiger partial charge in [0.25, 0.3) is 0 Å². The number of likely N-dealkylation sites (tertiary alicyclic amines) is 1. The predicted octanol–water partition coefficient (Wildman–Crippen LogP) is 3.27. The van der Waals surface area contributed by atoms with E-state index in [0.717, 1.165) is 37.9 Å². The molecular formula is C20H29N3O2S. The molecule has 3 rings (SSSR count). The van der Waals surface area contributed by atoms with Gasteiger partial charge in [0.15, 0.2) is 0 Å². The van der Waals surface area contributed by atoms with Crippen LogP contribution in [0.15, 0.2) is 41.4 Å². The van der Waals surface area contributed by atoms with Crippen molar-refractivity contribution >= 4 is 20.9 Å². The van der Waals surface area contributed by atoms with E-state index in [1.807, 2.05) is 18.2 Å². The van der Waals surface area contributed by atoms with Gasteiger partial charge in [-0.25, -0.2) is 13.1 Å². The Bertz CT molecular complexity index is 853. The van der Waals surface area contributed by atoms with Crippen molar-refractivity contribution in [3.05, 3.63) is 36.5 Å². The highest BCUT2D eigenvalue weighted by Crippen LogP contribution is 2.23. The smallest absolute Gasteiger partial charge is 0.242 e. The molecule has 1 aromatic carbocycles. The van der Waals surface area contributed by atoms with E-state index in [2.05, 4.69) is 35.4 Å². The third-order valence-electron chi connectivity index (χ3n) is 4.75. The molecule has 2 heterocycles. The number of sulfonamides is 1. The zero-order valence-electron chi connectivity index (χ0n) is 15.9. The fourth-order valence-electron chi connectivity index (χ4n) is 3.73. The standard InChI is InChI=1S/C20H29N3O2S/c1-20(2,3)15-23-12-6-7-16(14-23)13-22-26(24,25)18-10-4-8-17-9-5-11-21-19(17)18/h4-5,8-11,16,22H,6-7,12-15H2,1-3H3. The van der Waals surface area contributed by atoms with Gasteiger partial charge in [0, 0.05) is 31.2 Å². The van der Waals surface area contributed by atoms with Crippen molar-refractivity contribution in [2.45, 2.75) is 38.5 Å². The Kier molecular flexibility index (Phi) is 5.65. The number of rotatable bonds is 5. The second kappa shape index (κ2) is 7.62. The summed E-state index contributed by atoms with van der Waals surface area (Å²) in [6.45, 7) is 10.3. The normalized spacial score (nSPS) is 19.7. The van der Waals surface area contributed by atoms with Gasteiger partial charge in [-0.05, 0) is 42.9 Å². The number of piperidine rings is 1. The van der Waals surface area contributed by atoms with Gasteiger partial charge in [-0.3, -0.25) is 4.98 Å². The Labute approximate surface area is 156 Å². The molecule has 0 amide bonds. The maximum Gasteiger partial charge on any atom is 0.242 e. The molecule has 26 heavy (non-hydrogen) atoms. The predicted molar refractivity (Wildman–Crippen MR) is 106 cm³/mol. The van der Waals surface area contributed by atoms with E-state index in [1.165, 1.54) is 0 Å². The minimum atomic E-state index is -3.57. The van der Waals surface area contributed by atoms with Crippen molar-refractivity contribution in [3.8, 4) is 0 Å². The number of hydrogen-bond donors (Lipinski definition) is 1. The fraction of sp³-hybridized carbons (Fsp3) is 0.550. The van der Waals surface area contributed by atoms with Crippen LogP contribution in [0.2, 0.25) is 0 Å². The van der Waals surface area contributed by atoms with Crippen LogP contribution in [-0.4, -0.2) is 44.5 Å². The Morgan fingerprint density at radius 2 is 2.00 bits per heavy atom. The van der Waals surface area contributed by atoms with Crippen LogP contribution in [0, 0.1) is 11.3 Å². The monoisotopic (exact) mass is 375 g/mol. The van der Waals surface area contributed by atoms with Gasteiger partial charge in [-0.15, -0.1) is 0 Å². The molecule has 0 saturated carbocycles. The second-order valence-corrected chi connectivity index (χ2v) is 10.2. The highest BCUT2D eigenvalue weighted by Gasteiger charge is 2.25. The zero-order valence-corrected chi connectivity index (χ0v) is 16.7. The van der Waals surface area contributed by atoms with E-state index in [9.17, 15) is 8.42 Å². The number of nitrogens with one attached hydrogen (secondary N) is 1. The third-order valence-corrected chi connectivity index (χ3v) is 6.20. The van der Waals surface area contributed by atoms with Gasteiger partial charge in [-0.1, -0.05) is 39.0 Å². The van der Waals surface area contributed by atoms with E-state index < -0.39 is 10.0 Å². The number of para-hydroxylation sites is 1. The lowest BCUT2D eigenvalue weighted by molar-refractivity contribution is 0.129. The highest BCUT2D eigenvalue weighted by molar-refractivity contribution is 7.89. The summed E-state index contributed by atoms with van der Waals surface area (Å²) >= 11 is 0. The first-order valence-electron chi connectivity index (χ1n) is 9.30. The molecule has 6 heteroatoms. The van der Waals surface area contributed by atoms with Crippen LogP contribution in [0.5, 0.6) is 0 Å². The van der Waals surface area contributed by atoms with E-state index in [-0.39, 0.29) is 10.3 Å². The van der Waals surface area contributed by atoms with Crippen molar-refractivity contribution in [2.75, 3.05) is 26.2 Å². The van der Waals surface area contributed by atoms with E-state index in [4.69, 9.17) is 0 Å². The Morgan fingerprint density at radius 3 is 2.77 bits per heavy atom. The molecule has 1 saturated heterocycles. The molecule has 0 aliphatic carbocycles. The summed E-state index contributed by atoms with van der Waals surface area (Å²) in [5, 5.41) is 0.837. The molecule has 0 spiro atoms. The molecule has 142 valence electrons. The number of pyridine rings is 1. The summed E-state index contributed by atoms with van der Waals surface area (Å²) < 4.78 is 28.5. The van der Waals surface area contributed by atoms with E-state index in [1.54, 1.807) is 18.3 Å². The molecule has 0 bridgehead atoms. The Hall–Kier alpha value is -1.50.